The number of amides is 1. The van der Waals surface area contributed by atoms with E-state index < -0.39 is 12.3 Å². The van der Waals surface area contributed by atoms with Crippen LogP contribution in [0.2, 0.25) is 0 Å². The van der Waals surface area contributed by atoms with E-state index in [-0.39, 0.29) is 25.4 Å². The fraction of sp³-hybridized carbons (Fsp3) is 0.750. The Labute approximate surface area is 76.4 Å². The Kier molecular flexibility index (Phi) is 5.84. The van der Waals surface area contributed by atoms with E-state index in [1.165, 1.54) is 6.92 Å². The molecule has 5 heteroatoms. The summed E-state index contributed by atoms with van der Waals surface area (Å²) in [7, 11) is 0. The van der Waals surface area contributed by atoms with Crippen molar-refractivity contribution in [2.45, 2.75) is 26.4 Å². The van der Waals surface area contributed by atoms with Gasteiger partial charge in [-0.15, -0.1) is 0 Å². The highest BCUT2D eigenvalue weighted by atomic mass is 19.1. The summed E-state index contributed by atoms with van der Waals surface area (Å²) in [5.74, 6) is -0.238. The number of carbonyl (C=O) groups is 2. The first kappa shape index (κ1) is 11.9. The van der Waals surface area contributed by atoms with Crippen LogP contribution in [0.15, 0.2) is 0 Å². The van der Waals surface area contributed by atoms with Crippen LogP contribution in [0.1, 0.15) is 20.3 Å². The van der Waals surface area contributed by atoms with Crippen molar-refractivity contribution in [1.82, 2.24) is 5.32 Å². The normalized spacial score (nSPS) is 11.9. The standard InChI is InChI=1S/C8H14FNO3/c1-3-13-8(12)10-5-7(9)4-6(2)11/h7H,3-5H2,1-2H3,(H,10,12)/t7-/m0/s1. The van der Waals surface area contributed by atoms with Crippen LogP contribution < -0.4 is 5.32 Å². The monoisotopic (exact) mass is 191 g/mol. The van der Waals surface area contributed by atoms with Crippen molar-refractivity contribution < 1.29 is 18.7 Å². The van der Waals surface area contributed by atoms with Gasteiger partial charge in [0.2, 0.25) is 0 Å². The summed E-state index contributed by atoms with van der Waals surface area (Å²) in [6, 6.07) is 0. The summed E-state index contributed by atoms with van der Waals surface area (Å²) in [6.45, 7) is 3.02. The summed E-state index contributed by atoms with van der Waals surface area (Å²) in [5, 5.41) is 2.20. The highest BCUT2D eigenvalue weighted by molar-refractivity contribution is 5.76. The number of halogens is 1. The van der Waals surface area contributed by atoms with E-state index in [0.717, 1.165) is 0 Å². The molecule has 0 aromatic rings. The number of carbonyl (C=O) groups excluding carboxylic acids is 2. The molecule has 13 heavy (non-hydrogen) atoms. The van der Waals surface area contributed by atoms with Gasteiger partial charge in [0, 0.05) is 6.42 Å². The second-order valence-electron chi connectivity index (χ2n) is 2.60. The van der Waals surface area contributed by atoms with Crippen LogP contribution in [0.3, 0.4) is 0 Å². The van der Waals surface area contributed by atoms with Gasteiger partial charge in [-0.25, -0.2) is 9.18 Å². The zero-order chi connectivity index (χ0) is 10.3. The van der Waals surface area contributed by atoms with E-state index in [9.17, 15) is 14.0 Å². The smallest absolute Gasteiger partial charge is 0.407 e. The molecule has 1 amide bonds. The number of ketones is 1. The van der Waals surface area contributed by atoms with Crippen molar-refractivity contribution in [2.24, 2.45) is 0 Å². The number of alkyl carbamates (subject to hydrolysis) is 1. The van der Waals surface area contributed by atoms with E-state index in [2.05, 4.69) is 10.1 Å². The Bertz CT molecular complexity index is 184. The molecule has 4 nitrogen and oxygen atoms in total. The number of ether oxygens (including phenoxy) is 1. The van der Waals surface area contributed by atoms with E-state index in [4.69, 9.17) is 0 Å². The number of nitrogens with one attached hydrogen (secondary N) is 1. The maximum absolute atomic E-state index is 12.8. The van der Waals surface area contributed by atoms with Gasteiger partial charge in [0.1, 0.15) is 12.0 Å². The van der Waals surface area contributed by atoms with Crippen molar-refractivity contribution >= 4 is 11.9 Å². The van der Waals surface area contributed by atoms with Crippen LogP contribution in [-0.4, -0.2) is 31.2 Å². The molecule has 76 valence electrons. The van der Waals surface area contributed by atoms with E-state index in [1.54, 1.807) is 6.92 Å². The van der Waals surface area contributed by atoms with Crippen LogP contribution in [0.4, 0.5) is 9.18 Å². The van der Waals surface area contributed by atoms with Crippen molar-refractivity contribution in [1.29, 1.82) is 0 Å². The first-order valence-corrected chi connectivity index (χ1v) is 4.10. The van der Waals surface area contributed by atoms with Gasteiger partial charge in [-0.3, -0.25) is 4.79 Å². The second-order valence-corrected chi connectivity index (χ2v) is 2.60. The number of hydrogen-bond donors (Lipinski definition) is 1. The Morgan fingerprint density at radius 3 is 2.62 bits per heavy atom. The maximum atomic E-state index is 12.8. The van der Waals surface area contributed by atoms with Crippen LogP contribution in [0, 0.1) is 0 Å². The Morgan fingerprint density at radius 1 is 1.54 bits per heavy atom. The highest BCUT2D eigenvalue weighted by Gasteiger charge is 2.10. The van der Waals surface area contributed by atoms with Crippen molar-refractivity contribution in [3.8, 4) is 0 Å². The predicted molar refractivity (Wildman–Crippen MR) is 45.2 cm³/mol. The molecule has 0 spiro atoms. The first-order valence-electron chi connectivity index (χ1n) is 4.10. The van der Waals surface area contributed by atoms with Crippen LogP contribution in [0.5, 0.6) is 0 Å². The molecule has 1 N–H and O–H groups in total. The number of Topliss-reactive ketones (excluding diaryl/α,β-unsaturated/α-hetero) is 1. The van der Waals surface area contributed by atoms with Crippen molar-refractivity contribution in [2.75, 3.05) is 13.2 Å². The molecule has 0 aromatic heterocycles. The Morgan fingerprint density at radius 2 is 2.15 bits per heavy atom. The van der Waals surface area contributed by atoms with Gasteiger partial charge >= 0.3 is 6.09 Å². The zero-order valence-corrected chi connectivity index (χ0v) is 7.80. The maximum Gasteiger partial charge on any atom is 0.407 e. The summed E-state index contributed by atoms with van der Waals surface area (Å²) >= 11 is 0. The quantitative estimate of drug-likeness (QED) is 0.706. The molecule has 0 radical (unpaired) electrons. The minimum atomic E-state index is -1.33. The zero-order valence-electron chi connectivity index (χ0n) is 7.80. The molecule has 0 unspecified atom stereocenters. The predicted octanol–water partition coefficient (Wildman–Crippen LogP) is 1.05. The third-order valence-electron chi connectivity index (χ3n) is 1.25. The van der Waals surface area contributed by atoms with E-state index in [0.29, 0.717) is 0 Å². The fourth-order valence-electron chi connectivity index (χ4n) is 0.760. The Hall–Kier alpha value is -1.13. The lowest BCUT2D eigenvalue weighted by Gasteiger charge is -2.07. The summed E-state index contributed by atoms with van der Waals surface area (Å²) in [4.78, 5) is 21.1. The molecule has 0 rings (SSSR count). The molecular formula is C8H14FNO3. The lowest BCUT2D eigenvalue weighted by Crippen LogP contribution is -2.31. The molecule has 0 bridgehead atoms. The number of alkyl halides is 1. The third-order valence-corrected chi connectivity index (χ3v) is 1.25. The number of rotatable bonds is 5. The average Bonchev–Trinajstić information content (AvgIpc) is 2.00. The van der Waals surface area contributed by atoms with Crippen molar-refractivity contribution in [3.63, 3.8) is 0 Å². The molecule has 0 aromatic carbocycles. The minimum Gasteiger partial charge on any atom is -0.450 e. The molecule has 0 saturated carbocycles. The molecule has 0 aliphatic rings. The minimum absolute atomic E-state index is 0.174. The Balaban J connectivity index is 3.51. The molecule has 1 atom stereocenters. The average molecular weight is 191 g/mol. The highest BCUT2D eigenvalue weighted by Crippen LogP contribution is 1.96. The largest absolute Gasteiger partial charge is 0.450 e. The van der Waals surface area contributed by atoms with Gasteiger partial charge in [-0.2, -0.15) is 0 Å². The first-order chi connectivity index (χ1) is 6.06. The van der Waals surface area contributed by atoms with E-state index >= 15 is 0 Å². The summed E-state index contributed by atoms with van der Waals surface area (Å²) in [5.41, 5.74) is 0. The molecule has 0 aliphatic heterocycles. The molecule has 0 fully saturated rings. The van der Waals surface area contributed by atoms with Gasteiger partial charge in [-0.05, 0) is 13.8 Å². The van der Waals surface area contributed by atoms with E-state index in [1.807, 2.05) is 0 Å². The lowest BCUT2D eigenvalue weighted by atomic mass is 10.2. The summed E-state index contributed by atoms with van der Waals surface area (Å²) < 4.78 is 17.3. The van der Waals surface area contributed by atoms with Crippen LogP contribution >= 0.6 is 0 Å². The van der Waals surface area contributed by atoms with Crippen molar-refractivity contribution in [3.05, 3.63) is 0 Å². The SMILES string of the molecule is CCOC(=O)NC[C@@H](F)CC(C)=O. The second kappa shape index (κ2) is 6.39. The fourth-order valence-corrected chi connectivity index (χ4v) is 0.760. The number of hydrogen-bond acceptors (Lipinski definition) is 3. The molecular weight excluding hydrogens is 177 g/mol. The molecule has 0 heterocycles. The van der Waals surface area contributed by atoms with Crippen LogP contribution in [-0.2, 0) is 9.53 Å². The van der Waals surface area contributed by atoms with Gasteiger partial charge in [0.15, 0.2) is 0 Å². The van der Waals surface area contributed by atoms with Gasteiger partial charge in [-0.1, -0.05) is 0 Å². The van der Waals surface area contributed by atoms with Gasteiger partial charge in [0.25, 0.3) is 0 Å². The molecule has 0 saturated heterocycles. The third kappa shape index (κ3) is 7.24. The van der Waals surface area contributed by atoms with Gasteiger partial charge < -0.3 is 10.1 Å². The lowest BCUT2D eigenvalue weighted by molar-refractivity contribution is -0.118. The van der Waals surface area contributed by atoms with Gasteiger partial charge in [0.05, 0.1) is 13.2 Å². The summed E-state index contributed by atoms with van der Waals surface area (Å²) in [6.07, 6.45) is -2.16. The van der Waals surface area contributed by atoms with Crippen LogP contribution in [0.25, 0.3) is 0 Å². The topological polar surface area (TPSA) is 55.4 Å². The molecule has 0 aliphatic carbocycles.